The van der Waals surface area contributed by atoms with Crippen LogP contribution in [0.2, 0.25) is 0 Å². The first-order chi connectivity index (χ1) is 15.1. The monoisotopic (exact) mass is 422 g/mol. The third-order valence-corrected chi connectivity index (χ3v) is 6.74. The molecule has 2 saturated heterocycles. The second kappa shape index (κ2) is 9.47. The van der Waals surface area contributed by atoms with Gasteiger partial charge in [-0.25, -0.2) is 4.79 Å². The summed E-state index contributed by atoms with van der Waals surface area (Å²) in [6.45, 7) is 4.01. The van der Waals surface area contributed by atoms with Gasteiger partial charge in [0.15, 0.2) is 0 Å². The number of piperidine rings is 1. The van der Waals surface area contributed by atoms with Crippen LogP contribution in [0.5, 0.6) is 0 Å². The average molecular weight is 423 g/mol. The normalized spacial score (nSPS) is 19.5. The molecule has 1 aromatic carbocycles. The van der Waals surface area contributed by atoms with Crippen molar-refractivity contribution < 1.29 is 14.7 Å². The molecule has 2 fully saturated rings. The van der Waals surface area contributed by atoms with Gasteiger partial charge in [-0.1, -0.05) is 36.4 Å². The van der Waals surface area contributed by atoms with Crippen LogP contribution in [0.25, 0.3) is 0 Å². The highest BCUT2D eigenvalue weighted by Crippen LogP contribution is 2.42. The van der Waals surface area contributed by atoms with Crippen molar-refractivity contribution in [3.8, 4) is 0 Å². The van der Waals surface area contributed by atoms with Gasteiger partial charge < -0.3 is 20.2 Å². The molecule has 0 bridgehead atoms. The molecule has 4 rings (SSSR count). The van der Waals surface area contributed by atoms with Gasteiger partial charge in [0.25, 0.3) is 0 Å². The molecule has 31 heavy (non-hydrogen) atoms. The quantitative estimate of drug-likeness (QED) is 0.715. The van der Waals surface area contributed by atoms with Crippen molar-refractivity contribution in [2.75, 3.05) is 26.2 Å². The number of rotatable bonds is 7. The van der Waals surface area contributed by atoms with Crippen LogP contribution < -0.4 is 5.32 Å². The van der Waals surface area contributed by atoms with Gasteiger partial charge in [0, 0.05) is 32.0 Å². The SMILES string of the molecule is O=C(O)NC(CCN1CCC2(CC1)CCN(Cc1cccnc1)C2=O)c1ccccc1. The minimum atomic E-state index is -1.00. The number of hydrogen-bond donors (Lipinski definition) is 2. The Morgan fingerprint density at radius 3 is 2.52 bits per heavy atom. The lowest BCUT2D eigenvalue weighted by Crippen LogP contribution is -2.45. The molecule has 7 heteroatoms. The zero-order chi connectivity index (χ0) is 21.7. The summed E-state index contributed by atoms with van der Waals surface area (Å²) >= 11 is 0. The minimum absolute atomic E-state index is 0.224. The van der Waals surface area contributed by atoms with E-state index in [1.807, 2.05) is 53.6 Å². The summed E-state index contributed by atoms with van der Waals surface area (Å²) in [5.41, 5.74) is 1.83. The highest BCUT2D eigenvalue weighted by atomic mass is 16.4. The number of aromatic nitrogens is 1. The van der Waals surface area contributed by atoms with E-state index in [9.17, 15) is 14.7 Å². The number of nitrogens with one attached hydrogen (secondary N) is 1. The summed E-state index contributed by atoms with van der Waals surface area (Å²) < 4.78 is 0. The van der Waals surface area contributed by atoms with Crippen LogP contribution in [0.15, 0.2) is 54.9 Å². The fraction of sp³-hybridized carbons (Fsp3) is 0.458. The molecule has 3 heterocycles. The molecular weight excluding hydrogens is 392 g/mol. The van der Waals surface area contributed by atoms with E-state index in [1.54, 1.807) is 6.20 Å². The molecule has 1 unspecified atom stereocenters. The van der Waals surface area contributed by atoms with Crippen molar-refractivity contribution in [1.29, 1.82) is 0 Å². The first kappa shape index (κ1) is 21.3. The van der Waals surface area contributed by atoms with Crippen LogP contribution in [0.1, 0.15) is 42.9 Å². The number of hydrogen-bond acceptors (Lipinski definition) is 4. The first-order valence-corrected chi connectivity index (χ1v) is 11.0. The van der Waals surface area contributed by atoms with E-state index in [4.69, 9.17) is 0 Å². The van der Waals surface area contributed by atoms with Crippen LogP contribution in [0.4, 0.5) is 4.79 Å². The maximum atomic E-state index is 13.2. The van der Waals surface area contributed by atoms with Crippen LogP contribution >= 0.6 is 0 Å². The third kappa shape index (κ3) is 5.05. The largest absolute Gasteiger partial charge is 0.465 e. The molecule has 1 atom stereocenters. The molecule has 0 saturated carbocycles. The van der Waals surface area contributed by atoms with E-state index in [1.165, 1.54) is 0 Å². The van der Waals surface area contributed by atoms with Gasteiger partial charge in [0.05, 0.1) is 11.5 Å². The van der Waals surface area contributed by atoms with Crippen molar-refractivity contribution in [3.63, 3.8) is 0 Å². The molecule has 1 aromatic heterocycles. The van der Waals surface area contributed by atoms with Gasteiger partial charge in [-0.05, 0) is 56.0 Å². The number of benzene rings is 1. The Bertz CT molecular complexity index is 882. The standard InChI is InChI=1S/C24H30N4O3/c29-22-24(11-16-28(22)18-19-5-4-12-25-17-19)9-14-27(15-10-24)13-8-21(26-23(30)31)20-6-2-1-3-7-20/h1-7,12,17,21,26H,8-11,13-16,18H2,(H,30,31). The van der Waals surface area contributed by atoms with Crippen LogP contribution in [0, 0.1) is 5.41 Å². The van der Waals surface area contributed by atoms with Gasteiger partial charge in [0.2, 0.25) is 5.91 Å². The molecular formula is C24H30N4O3. The Balaban J connectivity index is 1.30. The Labute approximate surface area is 183 Å². The maximum absolute atomic E-state index is 13.2. The van der Waals surface area contributed by atoms with E-state index in [0.29, 0.717) is 13.0 Å². The first-order valence-electron chi connectivity index (χ1n) is 11.0. The summed E-state index contributed by atoms with van der Waals surface area (Å²) in [6.07, 6.45) is 5.96. The Hall–Kier alpha value is -2.93. The number of carboxylic acid groups (broad SMARTS) is 1. The summed E-state index contributed by atoms with van der Waals surface area (Å²) in [4.78, 5) is 32.9. The molecule has 0 aliphatic carbocycles. The zero-order valence-corrected chi connectivity index (χ0v) is 17.7. The lowest BCUT2D eigenvalue weighted by Gasteiger charge is -2.38. The summed E-state index contributed by atoms with van der Waals surface area (Å²) in [7, 11) is 0. The number of nitrogens with zero attached hydrogens (tertiary/aromatic N) is 3. The Morgan fingerprint density at radius 1 is 1.10 bits per heavy atom. The molecule has 2 N–H and O–H groups in total. The van der Waals surface area contributed by atoms with Gasteiger partial charge in [0.1, 0.15) is 0 Å². The number of amides is 2. The van der Waals surface area contributed by atoms with Crippen molar-refractivity contribution in [3.05, 3.63) is 66.0 Å². The van der Waals surface area contributed by atoms with Crippen LogP contribution in [-0.2, 0) is 11.3 Å². The Kier molecular flexibility index (Phi) is 6.51. The zero-order valence-electron chi connectivity index (χ0n) is 17.7. The number of likely N-dealkylation sites (tertiary alicyclic amines) is 2. The van der Waals surface area contributed by atoms with E-state index in [-0.39, 0.29) is 17.4 Å². The van der Waals surface area contributed by atoms with Crippen molar-refractivity contribution in [2.24, 2.45) is 5.41 Å². The number of carbonyl (C=O) groups excluding carboxylic acids is 1. The predicted octanol–water partition coefficient (Wildman–Crippen LogP) is 3.30. The van der Waals surface area contributed by atoms with Gasteiger partial charge >= 0.3 is 6.09 Å². The molecule has 2 aliphatic rings. The smallest absolute Gasteiger partial charge is 0.405 e. The second-order valence-corrected chi connectivity index (χ2v) is 8.66. The molecule has 1 spiro atoms. The minimum Gasteiger partial charge on any atom is -0.465 e. The predicted molar refractivity (Wildman–Crippen MR) is 117 cm³/mol. The second-order valence-electron chi connectivity index (χ2n) is 8.66. The molecule has 164 valence electrons. The van der Waals surface area contributed by atoms with Gasteiger partial charge in [-0.3, -0.25) is 9.78 Å². The highest BCUT2D eigenvalue weighted by molar-refractivity contribution is 5.85. The van der Waals surface area contributed by atoms with Crippen LogP contribution in [-0.4, -0.2) is 58.1 Å². The lowest BCUT2D eigenvalue weighted by atomic mass is 9.77. The van der Waals surface area contributed by atoms with E-state index in [0.717, 1.165) is 56.6 Å². The summed E-state index contributed by atoms with van der Waals surface area (Å²) in [5, 5.41) is 11.9. The molecule has 2 aliphatic heterocycles. The van der Waals surface area contributed by atoms with Crippen molar-refractivity contribution >= 4 is 12.0 Å². The van der Waals surface area contributed by atoms with E-state index < -0.39 is 6.09 Å². The van der Waals surface area contributed by atoms with Crippen LogP contribution in [0.3, 0.4) is 0 Å². The molecule has 7 nitrogen and oxygen atoms in total. The Morgan fingerprint density at radius 2 is 1.84 bits per heavy atom. The van der Waals surface area contributed by atoms with Gasteiger partial charge in [-0.2, -0.15) is 0 Å². The third-order valence-electron chi connectivity index (χ3n) is 6.74. The highest BCUT2D eigenvalue weighted by Gasteiger charge is 2.47. The van der Waals surface area contributed by atoms with E-state index in [2.05, 4.69) is 15.2 Å². The van der Waals surface area contributed by atoms with Gasteiger partial charge in [-0.15, -0.1) is 0 Å². The van der Waals surface area contributed by atoms with Crippen molar-refractivity contribution in [1.82, 2.24) is 20.1 Å². The van der Waals surface area contributed by atoms with Crippen molar-refractivity contribution in [2.45, 2.75) is 38.3 Å². The topological polar surface area (TPSA) is 85.8 Å². The fourth-order valence-corrected chi connectivity index (χ4v) is 4.89. The van der Waals surface area contributed by atoms with E-state index >= 15 is 0 Å². The summed E-state index contributed by atoms with van der Waals surface area (Å²) in [6, 6.07) is 13.4. The summed E-state index contributed by atoms with van der Waals surface area (Å²) in [5.74, 6) is 0.283. The fourth-order valence-electron chi connectivity index (χ4n) is 4.89. The molecule has 0 radical (unpaired) electrons. The molecule has 2 amide bonds. The number of carbonyl (C=O) groups is 2. The average Bonchev–Trinajstić information content (AvgIpc) is 3.08. The number of pyridine rings is 1. The maximum Gasteiger partial charge on any atom is 0.405 e. The molecule has 2 aromatic rings. The lowest BCUT2D eigenvalue weighted by molar-refractivity contribution is -0.138.